The number of hydrogen-bond acceptors (Lipinski definition) is 4. The number of amides is 1. The molecular formula is C23H26ClN5O. The highest BCUT2D eigenvalue weighted by Crippen LogP contribution is 2.25. The van der Waals surface area contributed by atoms with Gasteiger partial charge in [-0.15, -0.1) is 10.2 Å². The van der Waals surface area contributed by atoms with E-state index in [1.807, 2.05) is 13.0 Å². The molecule has 1 aliphatic heterocycles. The molecule has 3 aromatic rings. The van der Waals surface area contributed by atoms with E-state index < -0.39 is 0 Å². The predicted molar refractivity (Wildman–Crippen MR) is 119 cm³/mol. The summed E-state index contributed by atoms with van der Waals surface area (Å²) in [5.41, 5.74) is 3.56. The first-order valence-electron chi connectivity index (χ1n) is 10.3. The molecule has 1 amide bonds. The van der Waals surface area contributed by atoms with Gasteiger partial charge in [-0.2, -0.15) is 0 Å². The fourth-order valence-corrected chi connectivity index (χ4v) is 4.04. The Bertz CT molecular complexity index is 995. The largest absolute Gasteiger partial charge is 0.372 e. The maximum Gasteiger partial charge on any atom is 0.253 e. The average molecular weight is 424 g/mol. The first-order chi connectivity index (χ1) is 14.5. The third kappa shape index (κ3) is 4.49. The molecule has 156 valence electrons. The zero-order valence-electron chi connectivity index (χ0n) is 17.3. The minimum atomic E-state index is -0.197. The van der Waals surface area contributed by atoms with Crippen LogP contribution in [0.5, 0.6) is 0 Å². The average Bonchev–Trinajstić information content (AvgIpc) is 3.29. The maximum atomic E-state index is 12.8. The van der Waals surface area contributed by atoms with E-state index in [0.29, 0.717) is 10.6 Å². The standard InChI is InChI=1S/C23H26ClN5O/c1-16-9-11-28(12-10-16)19-5-3-18(4-6-19)17(2)27-23(30)21-8-7-20(13-22(21)24)29-14-25-26-15-29/h3-8,13-17H,9-12H2,1-2H3,(H,27,30)/t17-/m1/s1. The number of nitrogens with zero attached hydrogens (tertiary/aromatic N) is 4. The van der Waals surface area contributed by atoms with E-state index in [0.717, 1.165) is 30.3 Å². The molecule has 4 rings (SSSR count). The lowest BCUT2D eigenvalue weighted by atomic mass is 9.98. The topological polar surface area (TPSA) is 63.1 Å². The SMILES string of the molecule is CC1CCN(c2ccc([C@@H](C)NC(=O)c3ccc(-n4cnnc4)cc3Cl)cc2)CC1. The molecule has 1 fully saturated rings. The Morgan fingerprint density at radius 1 is 1.07 bits per heavy atom. The fourth-order valence-electron chi connectivity index (χ4n) is 3.78. The van der Waals surface area contributed by atoms with Gasteiger partial charge >= 0.3 is 0 Å². The minimum Gasteiger partial charge on any atom is -0.372 e. The van der Waals surface area contributed by atoms with Crippen LogP contribution in [0.25, 0.3) is 5.69 Å². The van der Waals surface area contributed by atoms with Crippen molar-refractivity contribution in [2.45, 2.75) is 32.7 Å². The van der Waals surface area contributed by atoms with Gasteiger partial charge in [-0.25, -0.2) is 0 Å². The summed E-state index contributed by atoms with van der Waals surface area (Å²) in [6, 6.07) is 13.6. The van der Waals surface area contributed by atoms with E-state index in [2.05, 4.69) is 51.6 Å². The number of aromatic nitrogens is 3. The van der Waals surface area contributed by atoms with Gasteiger partial charge in [-0.05, 0) is 61.6 Å². The molecule has 0 unspecified atom stereocenters. The lowest BCUT2D eigenvalue weighted by Crippen LogP contribution is -2.32. The normalized spacial score (nSPS) is 15.8. The molecule has 2 aromatic carbocycles. The molecule has 0 radical (unpaired) electrons. The van der Waals surface area contributed by atoms with Crippen LogP contribution >= 0.6 is 11.6 Å². The molecule has 1 aromatic heterocycles. The van der Waals surface area contributed by atoms with Gasteiger partial charge in [0.05, 0.1) is 16.6 Å². The van der Waals surface area contributed by atoms with E-state index in [4.69, 9.17) is 11.6 Å². The summed E-state index contributed by atoms with van der Waals surface area (Å²) in [5.74, 6) is 0.616. The van der Waals surface area contributed by atoms with Crippen LogP contribution in [0.2, 0.25) is 5.02 Å². The van der Waals surface area contributed by atoms with Crippen LogP contribution in [-0.4, -0.2) is 33.8 Å². The highest BCUT2D eigenvalue weighted by molar-refractivity contribution is 6.34. The van der Waals surface area contributed by atoms with Gasteiger partial charge in [0.15, 0.2) is 0 Å². The van der Waals surface area contributed by atoms with Gasteiger partial charge in [-0.1, -0.05) is 30.7 Å². The summed E-state index contributed by atoms with van der Waals surface area (Å²) in [6.45, 7) is 6.52. The third-order valence-corrected chi connectivity index (χ3v) is 6.12. The summed E-state index contributed by atoms with van der Waals surface area (Å²) >= 11 is 6.37. The van der Waals surface area contributed by atoms with Crippen molar-refractivity contribution in [1.29, 1.82) is 0 Å². The van der Waals surface area contributed by atoms with Crippen molar-refractivity contribution in [3.63, 3.8) is 0 Å². The summed E-state index contributed by atoms with van der Waals surface area (Å²) in [6.07, 6.45) is 5.65. The van der Waals surface area contributed by atoms with Crippen LogP contribution in [0.1, 0.15) is 48.7 Å². The van der Waals surface area contributed by atoms with Gasteiger partial charge < -0.3 is 10.2 Å². The molecule has 0 spiro atoms. The monoisotopic (exact) mass is 423 g/mol. The maximum absolute atomic E-state index is 12.8. The van der Waals surface area contributed by atoms with Gasteiger partial charge in [0.2, 0.25) is 0 Å². The lowest BCUT2D eigenvalue weighted by molar-refractivity contribution is 0.0940. The van der Waals surface area contributed by atoms with E-state index in [9.17, 15) is 4.79 Å². The zero-order valence-corrected chi connectivity index (χ0v) is 18.0. The second-order valence-electron chi connectivity index (χ2n) is 7.99. The van der Waals surface area contributed by atoms with Crippen LogP contribution in [0.4, 0.5) is 5.69 Å². The molecule has 30 heavy (non-hydrogen) atoms. The molecule has 1 saturated heterocycles. The van der Waals surface area contributed by atoms with Crippen LogP contribution in [0.15, 0.2) is 55.1 Å². The van der Waals surface area contributed by atoms with Crippen LogP contribution in [0, 0.1) is 5.92 Å². The number of carbonyl (C=O) groups excluding carboxylic acids is 1. The smallest absolute Gasteiger partial charge is 0.253 e. The quantitative estimate of drug-likeness (QED) is 0.648. The van der Waals surface area contributed by atoms with E-state index in [1.165, 1.54) is 18.5 Å². The number of benzene rings is 2. The van der Waals surface area contributed by atoms with E-state index in [-0.39, 0.29) is 11.9 Å². The molecule has 0 bridgehead atoms. The Hall–Kier alpha value is -2.86. The predicted octanol–water partition coefficient (Wildman–Crippen LogP) is 4.65. The zero-order chi connectivity index (χ0) is 21.1. The lowest BCUT2D eigenvalue weighted by Gasteiger charge is -2.32. The Balaban J connectivity index is 1.41. The number of anilines is 1. The van der Waals surface area contributed by atoms with Crippen LogP contribution < -0.4 is 10.2 Å². The Kier molecular flexibility index (Phi) is 6.04. The van der Waals surface area contributed by atoms with E-state index in [1.54, 1.807) is 29.4 Å². The number of rotatable bonds is 5. The van der Waals surface area contributed by atoms with Crippen molar-refractivity contribution in [3.8, 4) is 5.69 Å². The molecule has 1 aliphatic rings. The molecule has 1 N–H and O–H groups in total. The van der Waals surface area contributed by atoms with Crippen molar-refractivity contribution in [2.75, 3.05) is 18.0 Å². The molecule has 0 saturated carbocycles. The van der Waals surface area contributed by atoms with Gasteiger partial charge in [0, 0.05) is 24.5 Å². The fraction of sp³-hybridized carbons (Fsp3) is 0.348. The van der Waals surface area contributed by atoms with Crippen molar-refractivity contribution in [2.24, 2.45) is 5.92 Å². The second-order valence-corrected chi connectivity index (χ2v) is 8.40. The van der Waals surface area contributed by atoms with Crippen LogP contribution in [0.3, 0.4) is 0 Å². The first-order valence-corrected chi connectivity index (χ1v) is 10.7. The molecule has 6 nitrogen and oxygen atoms in total. The highest BCUT2D eigenvalue weighted by atomic mass is 35.5. The Labute approximate surface area is 181 Å². The molecule has 0 aliphatic carbocycles. The Morgan fingerprint density at radius 2 is 1.70 bits per heavy atom. The van der Waals surface area contributed by atoms with Crippen molar-refractivity contribution in [1.82, 2.24) is 20.1 Å². The van der Waals surface area contributed by atoms with Gasteiger partial charge in [-0.3, -0.25) is 9.36 Å². The summed E-state index contributed by atoms with van der Waals surface area (Å²) < 4.78 is 1.74. The minimum absolute atomic E-state index is 0.124. The third-order valence-electron chi connectivity index (χ3n) is 5.80. The summed E-state index contributed by atoms with van der Waals surface area (Å²) in [7, 11) is 0. The molecule has 2 heterocycles. The molecular weight excluding hydrogens is 398 g/mol. The number of carbonyl (C=O) groups is 1. The molecule has 7 heteroatoms. The van der Waals surface area contributed by atoms with Crippen molar-refractivity contribution < 1.29 is 4.79 Å². The van der Waals surface area contributed by atoms with Gasteiger partial charge in [0.25, 0.3) is 5.91 Å². The molecule has 1 atom stereocenters. The summed E-state index contributed by atoms with van der Waals surface area (Å²) in [5, 5.41) is 11.0. The number of piperidine rings is 1. The Morgan fingerprint density at radius 3 is 2.33 bits per heavy atom. The second kappa shape index (κ2) is 8.88. The van der Waals surface area contributed by atoms with Crippen molar-refractivity contribution in [3.05, 3.63) is 71.3 Å². The highest BCUT2D eigenvalue weighted by Gasteiger charge is 2.18. The van der Waals surface area contributed by atoms with E-state index >= 15 is 0 Å². The van der Waals surface area contributed by atoms with Gasteiger partial charge in [0.1, 0.15) is 12.7 Å². The number of halogens is 1. The first kappa shape index (κ1) is 20.4. The summed E-state index contributed by atoms with van der Waals surface area (Å²) in [4.78, 5) is 15.2. The number of hydrogen-bond donors (Lipinski definition) is 1. The van der Waals surface area contributed by atoms with Crippen LogP contribution in [-0.2, 0) is 0 Å². The number of nitrogens with one attached hydrogen (secondary N) is 1. The van der Waals surface area contributed by atoms with Crippen molar-refractivity contribution >= 4 is 23.2 Å².